The van der Waals surface area contributed by atoms with Crippen molar-refractivity contribution in [2.75, 3.05) is 6.54 Å². The van der Waals surface area contributed by atoms with E-state index >= 15 is 0 Å². The van der Waals surface area contributed by atoms with Gasteiger partial charge in [-0.25, -0.2) is 4.98 Å². The van der Waals surface area contributed by atoms with Crippen molar-refractivity contribution in [3.63, 3.8) is 0 Å². The Bertz CT molecular complexity index is 581. The smallest absolute Gasteiger partial charge is 0.322 e. The Morgan fingerprint density at radius 3 is 2.57 bits per heavy atom. The predicted molar refractivity (Wildman–Crippen MR) is 82.4 cm³/mol. The molecular formula is C16H22N4O. The van der Waals surface area contributed by atoms with Crippen molar-refractivity contribution >= 4 is 0 Å². The number of hydrogen-bond acceptors (Lipinski definition) is 5. The van der Waals surface area contributed by atoms with Crippen LogP contribution in [0.15, 0.2) is 24.5 Å². The van der Waals surface area contributed by atoms with Gasteiger partial charge < -0.3 is 10.1 Å². The van der Waals surface area contributed by atoms with Gasteiger partial charge in [-0.3, -0.25) is 4.98 Å². The molecule has 2 aromatic heterocycles. The van der Waals surface area contributed by atoms with Crippen molar-refractivity contribution in [3.05, 3.63) is 41.5 Å². The molecule has 0 amide bonds. The van der Waals surface area contributed by atoms with Gasteiger partial charge in [0.25, 0.3) is 0 Å². The first-order chi connectivity index (χ1) is 10.0. The van der Waals surface area contributed by atoms with E-state index in [1.807, 2.05) is 32.2 Å². The lowest BCUT2D eigenvalue weighted by Crippen LogP contribution is -2.20. The van der Waals surface area contributed by atoms with Gasteiger partial charge in [-0.2, -0.15) is 4.98 Å². The summed E-state index contributed by atoms with van der Waals surface area (Å²) in [5, 5.41) is 3.39. The third kappa shape index (κ3) is 4.79. The summed E-state index contributed by atoms with van der Waals surface area (Å²) in [5.41, 5.74) is 2.97. The molecule has 1 N–H and O–H groups in total. The summed E-state index contributed by atoms with van der Waals surface area (Å²) in [7, 11) is 0. The molecule has 0 atom stereocenters. The summed E-state index contributed by atoms with van der Waals surface area (Å²) >= 11 is 0. The molecule has 0 bridgehead atoms. The third-order valence-corrected chi connectivity index (χ3v) is 3.02. The van der Waals surface area contributed by atoms with Crippen molar-refractivity contribution in [3.8, 4) is 11.8 Å². The number of aryl methyl sites for hydroxylation is 2. The van der Waals surface area contributed by atoms with Crippen LogP contribution in [0, 0.1) is 19.8 Å². The molecule has 0 unspecified atom stereocenters. The zero-order valence-electron chi connectivity index (χ0n) is 13.1. The second-order valence-corrected chi connectivity index (χ2v) is 5.53. The standard InChI is InChI=1S/C16H22N4O/c1-11(2)7-17-8-14-9-19-16(20-13(14)4)21-15-6-5-12(3)18-10-15/h5-6,9-11,17H,7-8H2,1-4H3. The highest BCUT2D eigenvalue weighted by Crippen LogP contribution is 2.17. The van der Waals surface area contributed by atoms with Gasteiger partial charge in [0, 0.05) is 29.7 Å². The maximum absolute atomic E-state index is 5.61. The predicted octanol–water partition coefficient (Wildman–Crippen LogP) is 3.03. The van der Waals surface area contributed by atoms with Crippen molar-refractivity contribution in [2.24, 2.45) is 5.92 Å². The maximum Gasteiger partial charge on any atom is 0.322 e. The van der Waals surface area contributed by atoms with Crippen LogP contribution in [0.1, 0.15) is 30.8 Å². The van der Waals surface area contributed by atoms with Crippen LogP contribution in [-0.2, 0) is 6.54 Å². The van der Waals surface area contributed by atoms with Gasteiger partial charge in [-0.05, 0) is 38.4 Å². The largest absolute Gasteiger partial charge is 0.423 e. The number of aromatic nitrogens is 3. The van der Waals surface area contributed by atoms with Gasteiger partial charge >= 0.3 is 6.01 Å². The van der Waals surface area contributed by atoms with Crippen LogP contribution < -0.4 is 10.1 Å². The topological polar surface area (TPSA) is 59.9 Å². The molecule has 5 heteroatoms. The minimum atomic E-state index is 0.353. The summed E-state index contributed by atoms with van der Waals surface area (Å²) in [5.74, 6) is 1.27. The first-order valence-corrected chi connectivity index (χ1v) is 7.18. The molecule has 0 saturated carbocycles. The average molecular weight is 286 g/mol. The molecule has 112 valence electrons. The molecule has 0 spiro atoms. The van der Waals surface area contributed by atoms with Crippen molar-refractivity contribution < 1.29 is 4.74 Å². The molecule has 0 saturated heterocycles. The molecule has 0 aliphatic rings. The van der Waals surface area contributed by atoms with Gasteiger partial charge in [0.15, 0.2) is 0 Å². The van der Waals surface area contributed by atoms with Crippen LogP contribution in [0.25, 0.3) is 0 Å². The van der Waals surface area contributed by atoms with Crippen LogP contribution >= 0.6 is 0 Å². The minimum absolute atomic E-state index is 0.353. The first kappa shape index (κ1) is 15.4. The van der Waals surface area contributed by atoms with Gasteiger partial charge in [-0.1, -0.05) is 13.8 Å². The summed E-state index contributed by atoms with van der Waals surface area (Å²) in [6.45, 7) is 10.0. The van der Waals surface area contributed by atoms with Gasteiger partial charge in [0.1, 0.15) is 5.75 Å². The Morgan fingerprint density at radius 1 is 1.14 bits per heavy atom. The molecule has 2 rings (SSSR count). The van der Waals surface area contributed by atoms with Crippen molar-refractivity contribution in [1.29, 1.82) is 0 Å². The highest BCUT2D eigenvalue weighted by atomic mass is 16.5. The maximum atomic E-state index is 5.61. The lowest BCUT2D eigenvalue weighted by atomic mass is 10.2. The van der Waals surface area contributed by atoms with Gasteiger partial charge in [0.05, 0.1) is 6.20 Å². The summed E-state index contributed by atoms with van der Waals surface area (Å²) in [6.07, 6.45) is 3.48. The summed E-state index contributed by atoms with van der Waals surface area (Å²) in [4.78, 5) is 12.8. The molecule has 21 heavy (non-hydrogen) atoms. The third-order valence-electron chi connectivity index (χ3n) is 3.02. The Hall–Kier alpha value is -2.01. The molecule has 0 aliphatic carbocycles. The Morgan fingerprint density at radius 2 is 1.95 bits per heavy atom. The van der Waals surface area contributed by atoms with Crippen LogP contribution in [0.4, 0.5) is 0 Å². The van der Waals surface area contributed by atoms with E-state index in [1.54, 1.807) is 6.20 Å². The van der Waals surface area contributed by atoms with Gasteiger partial charge in [0.2, 0.25) is 0 Å². The highest BCUT2D eigenvalue weighted by molar-refractivity contribution is 5.24. The molecule has 0 aromatic carbocycles. The van der Waals surface area contributed by atoms with E-state index in [4.69, 9.17) is 4.74 Å². The molecule has 2 aromatic rings. The molecule has 0 fully saturated rings. The van der Waals surface area contributed by atoms with Crippen LogP contribution in [0.5, 0.6) is 11.8 Å². The van der Waals surface area contributed by atoms with Gasteiger partial charge in [-0.15, -0.1) is 0 Å². The second-order valence-electron chi connectivity index (χ2n) is 5.53. The number of nitrogens with one attached hydrogen (secondary N) is 1. The van der Waals surface area contributed by atoms with Crippen LogP contribution in [0.3, 0.4) is 0 Å². The lowest BCUT2D eigenvalue weighted by Gasteiger charge is -2.10. The van der Waals surface area contributed by atoms with E-state index in [2.05, 4.69) is 34.1 Å². The average Bonchev–Trinajstić information content (AvgIpc) is 2.43. The quantitative estimate of drug-likeness (QED) is 0.884. The Kier molecular flexibility index (Phi) is 5.22. The summed E-state index contributed by atoms with van der Waals surface area (Å²) < 4.78 is 5.61. The second kappa shape index (κ2) is 7.13. The molecule has 0 aliphatic heterocycles. The molecule has 2 heterocycles. The monoisotopic (exact) mass is 286 g/mol. The Balaban J connectivity index is 1.99. The number of rotatable bonds is 6. The number of ether oxygens (including phenoxy) is 1. The fourth-order valence-corrected chi connectivity index (χ4v) is 1.81. The van der Waals surface area contributed by atoms with E-state index in [0.717, 1.165) is 30.0 Å². The van der Waals surface area contributed by atoms with Crippen molar-refractivity contribution in [2.45, 2.75) is 34.2 Å². The first-order valence-electron chi connectivity index (χ1n) is 7.18. The zero-order valence-corrected chi connectivity index (χ0v) is 13.1. The van der Waals surface area contributed by atoms with E-state index < -0.39 is 0 Å². The van der Waals surface area contributed by atoms with E-state index in [1.165, 1.54) is 0 Å². The normalized spacial score (nSPS) is 10.9. The fourth-order valence-electron chi connectivity index (χ4n) is 1.81. The molecule has 5 nitrogen and oxygen atoms in total. The molecule has 0 radical (unpaired) electrons. The van der Waals surface area contributed by atoms with E-state index in [0.29, 0.717) is 17.7 Å². The fraction of sp³-hybridized carbons (Fsp3) is 0.438. The number of nitrogens with zero attached hydrogens (tertiary/aromatic N) is 3. The number of pyridine rings is 1. The van der Waals surface area contributed by atoms with E-state index in [-0.39, 0.29) is 0 Å². The zero-order chi connectivity index (χ0) is 15.2. The van der Waals surface area contributed by atoms with Crippen LogP contribution in [-0.4, -0.2) is 21.5 Å². The highest BCUT2D eigenvalue weighted by Gasteiger charge is 2.06. The van der Waals surface area contributed by atoms with Crippen LogP contribution in [0.2, 0.25) is 0 Å². The van der Waals surface area contributed by atoms with Crippen molar-refractivity contribution in [1.82, 2.24) is 20.3 Å². The number of hydrogen-bond donors (Lipinski definition) is 1. The SMILES string of the molecule is Cc1ccc(Oc2ncc(CNCC(C)C)c(C)n2)cn1. The summed E-state index contributed by atoms with van der Waals surface area (Å²) in [6, 6.07) is 4.11. The lowest BCUT2D eigenvalue weighted by molar-refractivity contribution is 0.436. The Labute approximate surface area is 125 Å². The van der Waals surface area contributed by atoms with E-state index in [9.17, 15) is 0 Å². The minimum Gasteiger partial charge on any atom is -0.423 e. The molecular weight excluding hydrogens is 264 g/mol.